The number of thioether (sulfide) groups is 1. The molecule has 1 atom stereocenters. The Morgan fingerprint density at radius 1 is 1.50 bits per heavy atom. The number of methoxy groups -OCH3 is 1. The molecular formula is C12H17NO2S. The molecule has 0 fully saturated rings. The van der Waals surface area contributed by atoms with Gasteiger partial charge in [0.05, 0.1) is 12.7 Å². The Balaban J connectivity index is 2.67. The van der Waals surface area contributed by atoms with E-state index >= 15 is 0 Å². The zero-order chi connectivity index (χ0) is 12.0. The van der Waals surface area contributed by atoms with Gasteiger partial charge in [0.1, 0.15) is 0 Å². The molecule has 0 radical (unpaired) electrons. The molecule has 0 bridgehead atoms. The highest BCUT2D eigenvalue weighted by molar-refractivity contribution is 7.98. The van der Waals surface area contributed by atoms with Gasteiger partial charge in [0, 0.05) is 17.5 Å². The number of benzene rings is 1. The third-order valence-electron chi connectivity index (χ3n) is 2.06. The number of ether oxygens (including phenoxy) is 1. The van der Waals surface area contributed by atoms with E-state index in [1.54, 1.807) is 17.8 Å². The molecule has 0 saturated heterocycles. The molecule has 1 unspecified atom stereocenters. The molecule has 0 amide bonds. The Morgan fingerprint density at radius 3 is 2.81 bits per heavy atom. The van der Waals surface area contributed by atoms with E-state index < -0.39 is 0 Å². The van der Waals surface area contributed by atoms with Crippen molar-refractivity contribution < 1.29 is 9.53 Å². The van der Waals surface area contributed by atoms with E-state index in [0.717, 1.165) is 17.1 Å². The van der Waals surface area contributed by atoms with E-state index in [1.807, 2.05) is 25.1 Å². The van der Waals surface area contributed by atoms with Crippen LogP contribution in [0.25, 0.3) is 0 Å². The third-order valence-corrected chi connectivity index (χ3v) is 3.34. The van der Waals surface area contributed by atoms with Crippen LogP contribution in [0.15, 0.2) is 24.3 Å². The molecule has 2 N–H and O–H groups in total. The molecule has 88 valence electrons. The summed E-state index contributed by atoms with van der Waals surface area (Å²) < 4.78 is 4.73. The molecule has 0 spiro atoms. The number of hydrogen-bond acceptors (Lipinski definition) is 4. The quantitative estimate of drug-likeness (QED) is 0.799. The number of nitrogens with two attached hydrogens (primary N) is 1. The van der Waals surface area contributed by atoms with Crippen molar-refractivity contribution in [3.8, 4) is 0 Å². The van der Waals surface area contributed by atoms with Crippen LogP contribution in [0.3, 0.4) is 0 Å². The summed E-state index contributed by atoms with van der Waals surface area (Å²) in [6.07, 6.45) is 0. The van der Waals surface area contributed by atoms with E-state index in [-0.39, 0.29) is 12.0 Å². The van der Waals surface area contributed by atoms with Gasteiger partial charge in [-0.05, 0) is 18.6 Å². The number of hydrogen-bond donors (Lipinski definition) is 1. The summed E-state index contributed by atoms with van der Waals surface area (Å²) in [4.78, 5) is 11.5. The Morgan fingerprint density at radius 2 is 2.19 bits per heavy atom. The topological polar surface area (TPSA) is 52.3 Å². The Bertz CT molecular complexity index is 353. The van der Waals surface area contributed by atoms with Crippen molar-refractivity contribution in [1.82, 2.24) is 0 Å². The first-order valence-corrected chi connectivity index (χ1v) is 6.30. The number of esters is 1. The Kier molecular flexibility index (Phi) is 5.35. The van der Waals surface area contributed by atoms with E-state index in [1.165, 1.54) is 7.11 Å². The first-order valence-electron chi connectivity index (χ1n) is 5.14. The zero-order valence-corrected chi connectivity index (χ0v) is 10.4. The van der Waals surface area contributed by atoms with E-state index in [4.69, 9.17) is 10.5 Å². The maximum Gasteiger partial charge on any atom is 0.338 e. The summed E-state index contributed by atoms with van der Waals surface area (Å²) in [5.41, 5.74) is 7.31. The molecule has 1 rings (SSSR count). The van der Waals surface area contributed by atoms with Crippen LogP contribution in [0.5, 0.6) is 0 Å². The Hall–Kier alpha value is -1.00. The van der Waals surface area contributed by atoms with Crippen molar-refractivity contribution in [3.63, 3.8) is 0 Å². The summed E-state index contributed by atoms with van der Waals surface area (Å²) in [6, 6.07) is 7.67. The number of carbonyl (C=O) groups is 1. The van der Waals surface area contributed by atoms with Crippen molar-refractivity contribution in [3.05, 3.63) is 35.4 Å². The molecule has 1 aromatic carbocycles. The predicted molar refractivity (Wildman–Crippen MR) is 67.6 cm³/mol. The largest absolute Gasteiger partial charge is 0.465 e. The van der Waals surface area contributed by atoms with Gasteiger partial charge in [-0.3, -0.25) is 0 Å². The lowest BCUT2D eigenvalue weighted by atomic mass is 10.1. The summed E-state index contributed by atoms with van der Waals surface area (Å²) in [5.74, 6) is 1.39. The smallest absolute Gasteiger partial charge is 0.338 e. The van der Waals surface area contributed by atoms with Crippen molar-refractivity contribution >= 4 is 17.7 Å². The van der Waals surface area contributed by atoms with Gasteiger partial charge in [0.2, 0.25) is 0 Å². The van der Waals surface area contributed by atoms with Gasteiger partial charge in [-0.1, -0.05) is 18.2 Å². The van der Waals surface area contributed by atoms with E-state index in [9.17, 15) is 4.79 Å². The standard InChI is InChI=1S/C12H17NO2S/c1-9(13)7-16-8-10-5-3-4-6-11(10)12(14)15-2/h3-6,9H,7-8,13H2,1-2H3. The second-order valence-electron chi connectivity index (χ2n) is 3.64. The third kappa shape index (κ3) is 3.87. The molecule has 0 aromatic heterocycles. The van der Waals surface area contributed by atoms with Gasteiger partial charge in [-0.25, -0.2) is 4.79 Å². The van der Waals surface area contributed by atoms with Crippen LogP contribution in [0.2, 0.25) is 0 Å². The average molecular weight is 239 g/mol. The Labute approximate surface area is 100 Å². The van der Waals surface area contributed by atoms with Gasteiger partial charge in [0.25, 0.3) is 0 Å². The SMILES string of the molecule is COC(=O)c1ccccc1CSCC(C)N. The predicted octanol–water partition coefficient (Wildman–Crippen LogP) is 2.05. The van der Waals surface area contributed by atoms with Gasteiger partial charge < -0.3 is 10.5 Å². The maximum absolute atomic E-state index is 11.5. The molecule has 1 aromatic rings. The fourth-order valence-electron chi connectivity index (χ4n) is 1.31. The van der Waals surface area contributed by atoms with Crippen LogP contribution >= 0.6 is 11.8 Å². The molecule has 3 nitrogen and oxygen atoms in total. The lowest BCUT2D eigenvalue weighted by Crippen LogP contribution is -2.17. The first-order chi connectivity index (χ1) is 7.65. The number of carbonyl (C=O) groups excluding carboxylic acids is 1. The number of rotatable bonds is 5. The van der Waals surface area contributed by atoms with Crippen molar-refractivity contribution in [2.75, 3.05) is 12.9 Å². The molecule has 16 heavy (non-hydrogen) atoms. The lowest BCUT2D eigenvalue weighted by Gasteiger charge is -2.08. The average Bonchev–Trinajstić information content (AvgIpc) is 2.28. The highest BCUT2D eigenvalue weighted by Crippen LogP contribution is 2.17. The van der Waals surface area contributed by atoms with Gasteiger partial charge >= 0.3 is 5.97 Å². The molecular weight excluding hydrogens is 222 g/mol. The summed E-state index contributed by atoms with van der Waals surface area (Å²) >= 11 is 1.72. The van der Waals surface area contributed by atoms with Crippen molar-refractivity contribution in [1.29, 1.82) is 0 Å². The van der Waals surface area contributed by atoms with Crippen LogP contribution in [0.4, 0.5) is 0 Å². The summed E-state index contributed by atoms with van der Waals surface area (Å²) in [5, 5.41) is 0. The van der Waals surface area contributed by atoms with Crippen molar-refractivity contribution in [2.45, 2.75) is 18.7 Å². The highest BCUT2D eigenvalue weighted by atomic mass is 32.2. The van der Waals surface area contributed by atoms with Gasteiger partial charge in [-0.2, -0.15) is 11.8 Å². The van der Waals surface area contributed by atoms with Crippen LogP contribution < -0.4 is 5.73 Å². The summed E-state index contributed by atoms with van der Waals surface area (Å²) in [7, 11) is 1.40. The maximum atomic E-state index is 11.5. The van der Waals surface area contributed by atoms with Crippen molar-refractivity contribution in [2.24, 2.45) is 5.73 Å². The minimum absolute atomic E-state index is 0.176. The summed E-state index contributed by atoms with van der Waals surface area (Å²) in [6.45, 7) is 1.97. The van der Waals surface area contributed by atoms with E-state index in [2.05, 4.69) is 0 Å². The molecule has 0 heterocycles. The highest BCUT2D eigenvalue weighted by Gasteiger charge is 2.10. The van der Waals surface area contributed by atoms with Gasteiger partial charge in [-0.15, -0.1) is 0 Å². The van der Waals surface area contributed by atoms with Crippen LogP contribution in [-0.4, -0.2) is 24.9 Å². The minimum Gasteiger partial charge on any atom is -0.465 e. The molecule has 0 aliphatic carbocycles. The zero-order valence-electron chi connectivity index (χ0n) is 9.60. The van der Waals surface area contributed by atoms with E-state index in [0.29, 0.717) is 5.56 Å². The molecule has 4 heteroatoms. The van der Waals surface area contributed by atoms with Crippen LogP contribution in [0.1, 0.15) is 22.8 Å². The fraction of sp³-hybridized carbons (Fsp3) is 0.417. The van der Waals surface area contributed by atoms with Crippen LogP contribution in [0, 0.1) is 0 Å². The molecule has 0 aliphatic heterocycles. The normalized spacial score (nSPS) is 12.2. The monoisotopic (exact) mass is 239 g/mol. The first kappa shape index (κ1) is 13.1. The minimum atomic E-state index is -0.281. The second-order valence-corrected chi connectivity index (χ2v) is 4.67. The second kappa shape index (κ2) is 6.55. The fourth-order valence-corrected chi connectivity index (χ4v) is 2.27. The van der Waals surface area contributed by atoms with Gasteiger partial charge in [0.15, 0.2) is 0 Å². The molecule has 0 saturated carbocycles. The molecule has 0 aliphatic rings. The lowest BCUT2D eigenvalue weighted by molar-refractivity contribution is 0.0600. The van der Waals surface area contributed by atoms with Crippen LogP contribution in [-0.2, 0) is 10.5 Å².